The first-order chi connectivity index (χ1) is 3.55. The largest absolute Gasteiger partial charge is 0.387 e. The Balaban J connectivity index is 3.83. The van der Waals surface area contributed by atoms with E-state index < -0.39 is 0 Å². The quantitative estimate of drug-likeness (QED) is 0.356. The normalized spacial score (nSPS) is 12.8. The Morgan fingerprint density at radius 3 is 1.88 bits per heavy atom. The van der Waals surface area contributed by atoms with Gasteiger partial charge in [0.15, 0.2) is 0 Å². The van der Waals surface area contributed by atoms with Gasteiger partial charge in [0.25, 0.3) is 0 Å². The minimum atomic E-state index is -0.185. The maximum Gasteiger partial charge on any atom is 0.0991 e. The van der Waals surface area contributed by atoms with Crippen molar-refractivity contribution in [1.82, 2.24) is 0 Å². The molecule has 0 spiro atoms. The summed E-state index contributed by atoms with van der Waals surface area (Å²) in [6.45, 7) is 3.39. The zero-order valence-corrected chi connectivity index (χ0v) is 5.15. The predicted octanol–water partition coefficient (Wildman–Crippen LogP) is 0.598. The van der Waals surface area contributed by atoms with Crippen molar-refractivity contribution in [2.45, 2.75) is 13.8 Å². The molecule has 0 unspecified atom stereocenters. The molecule has 0 aromatic heterocycles. The molecule has 0 amide bonds. The van der Waals surface area contributed by atoms with Crippen LogP contribution in [0.15, 0.2) is 0 Å². The van der Waals surface area contributed by atoms with Gasteiger partial charge in [0.2, 0.25) is 0 Å². The van der Waals surface area contributed by atoms with Gasteiger partial charge in [-0.1, -0.05) is 6.92 Å². The van der Waals surface area contributed by atoms with Crippen molar-refractivity contribution in [1.29, 1.82) is 10.8 Å². The van der Waals surface area contributed by atoms with Crippen LogP contribution in [0.5, 0.6) is 0 Å². The van der Waals surface area contributed by atoms with Gasteiger partial charge in [-0.25, -0.2) is 0 Å². The van der Waals surface area contributed by atoms with Crippen LogP contribution in [0.4, 0.5) is 0 Å². The molecule has 46 valence electrons. The van der Waals surface area contributed by atoms with E-state index in [2.05, 4.69) is 0 Å². The third-order valence-corrected chi connectivity index (χ3v) is 1.12. The van der Waals surface area contributed by atoms with Gasteiger partial charge in [-0.05, 0) is 6.92 Å². The second-order valence-corrected chi connectivity index (χ2v) is 1.86. The lowest BCUT2D eigenvalue weighted by Crippen LogP contribution is -2.24. The summed E-state index contributed by atoms with van der Waals surface area (Å²) in [7, 11) is 0. The molecule has 0 saturated heterocycles. The highest BCUT2D eigenvalue weighted by Crippen LogP contribution is 1.93. The number of nitrogens with two attached hydrogens (primary N) is 1. The molecular formula is C5H11N3. The first kappa shape index (κ1) is 7.14. The van der Waals surface area contributed by atoms with Crippen LogP contribution >= 0.6 is 0 Å². The Kier molecular flexibility index (Phi) is 2.19. The Labute approximate surface area is 48.9 Å². The van der Waals surface area contributed by atoms with Gasteiger partial charge in [-0.15, -0.1) is 0 Å². The van der Waals surface area contributed by atoms with Crippen LogP contribution in [0, 0.1) is 16.7 Å². The van der Waals surface area contributed by atoms with E-state index >= 15 is 0 Å². The molecular weight excluding hydrogens is 102 g/mol. The smallest absolute Gasteiger partial charge is 0.0991 e. The van der Waals surface area contributed by atoms with Crippen molar-refractivity contribution in [3.05, 3.63) is 0 Å². The van der Waals surface area contributed by atoms with E-state index in [1.54, 1.807) is 13.8 Å². The van der Waals surface area contributed by atoms with Crippen molar-refractivity contribution in [2.24, 2.45) is 11.7 Å². The fourth-order valence-electron chi connectivity index (χ4n) is 0.233. The summed E-state index contributed by atoms with van der Waals surface area (Å²) in [6.07, 6.45) is 0. The molecule has 0 aromatic rings. The molecule has 0 aliphatic rings. The SMILES string of the molecule is CC(=N)[C@H](C)C(=N)N. The lowest BCUT2D eigenvalue weighted by molar-refractivity contribution is 1.00. The lowest BCUT2D eigenvalue weighted by Gasteiger charge is -2.04. The van der Waals surface area contributed by atoms with E-state index in [-0.39, 0.29) is 11.8 Å². The average molecular weight is 113 g/mol. The zero-order chi connectivity index (χ0) is 6.73. The molecule has 1 atom stereocenters. The fourth-order valence-corrected chi connectivity index (χ4v) is 0.233. The van der Waals surface area contributed by atoms with Crippen molar-refractivity contribution >= 4 is 11.5 Å². The first-order valence-corrected chi connectivity index (χ1v) is 2.44. The summed E-state index contributed by atoms with van der Waals surface area (Å²) >= 11 is 0. The molecule has 0 heterocycles. The van der Waals surface area contributed by atoms with Crippen LogP contribution in [0.1, 0.15) is 13.8 Å². The minimum Gasteiger partial charge on any atom is -0.387 e. The van der Waals surface area contributed by atoms with Gasteiger partial charge in [0, 0.05) is 5.71 Å². The Bertz CT molecular complexity index is 103. The highest BCUT2D eigenvalue weighted by Gasteiger charge is 2.04. The second kappa shape index (κ2) is 2.45. The van der Waals surface area contributed by atoms with Gasteiger partial charge >= 0.3 is 0 Å². The second-order valence-electron chi connectivity index (χ2n) is 1.86. The summed E-state index contributed by atoms with van der Waals surface area (Å²) < 4.78 is 0. The van der Waals surface area contributed by atoms with Crippen molar-refractivity contribution in [2.75, 3.05) is 0 Å². The third kappa shape index (κ3) is 1.73. The highest BCUT2D eigenvalue weighted by molar-refractivity contribution is 6.01. The highest BCUT2D eigenvalue weighted by atomic mass is 14.7. The maximum atomic E-state index is 7.01. The lowest BCUT2D eigenvalue weighted by atomic mass is 10.1. The summed E-state index contributed by atoms with van der Waals surface area (Å²) in [6, 6.07) is 0. The Hall–Kier alpha value is -0.860. The van der Waals surface area contributed by atoms with Crippen LogP contribution in [0.2, 0.25) is 0 Å². The molecule has 3 nitrogen and oxygen atoms in total. The fraction of sp³-hybridized carbons (Fsp3) is 0.600. The monoisotopic (exact) mass is 113 g/mol. The molecule has 0 fully saturated rings. The van der Waals surface area contributed by atoms with Crippen molar-refractivity contribution < 1.29 is 0 Å². The van der Waals surface area contributed by atoms with Gasteiger partial charge in [-0.2, -0.15) is 0 Å². The van der Waals surface area contributed by atoms with Crippen molar-refractivity contribution in [3.8, 4) is 0 Å². The molecule has 8 heavy (non-hydrogen) atoms. The predicted molar refractivity (Wildman–Crippen MR) is 34.5 cm³/mol. The summed E-state index contributed by atoms with van der Waals surface area (Å²) in [5.74, 6) is -0.118. The van der Waals surface area contributed by atoms with E-state index in [0.29, 0.717) is 5.71 Å². The van der Waals surface area contributed by atoms with E-state index in [0.717, 1.165) is 0 Å². The number of amidine groups is 1. The summed E-state index contributed by atoms with van der Waals surface area (Å²) in [5.41, 5.74) is 5.52. The van der Waals surface area contributed by atoms with Crippen molar-refractivity contribution in [3.63, 3.8) is 0 Å². The van der Waals surface area contributed by atoms with Gasteiger partial charge in [-0.3, -0.25) is 5.41 Å². The molecule has 0 aliphatic heterocycles. The van der Waals surface area contributed by atoms with Crippen LogP contribution in [-0.2, 0) is 0 Å². The number of nitrogens with one attached hydrogen (secondary N) is 2. The average Bonchev–Trinajstić information content (AvgIpc) is 1.64. The van der Waals surface area contributed by atoms with Crippen LogP contribution in [-0.4, -0.2) is 11.5 Å². The van der Waals surface area contributed by atoms with Gasteiger partial charge < -0.3 is 11.1 Å². The molecule has 3 heteroatoms. The van der Waals surface area contributed by atoms with E-state index in [1.807, 2.05) is 0 Å². The molecule has 0 radical (unpaired) electrons. The Morgan fingerprint density at radius 1 is 1.50 bits per heavy atom. The number of hydrogen-bond acceptors (Lipinski definition) is 2. The van der Waals surface area contributed by atoms with E-state index in [4.69, 9.17) is 16.6 Å². The molecule has 4 N–H and O–H groups in total. The van der Waals surface area contributed by atoms with Crippen LogP contribution in [0.3, 0.4) is 0 Å². The first-order valence-electron chi connectivity index (χ1n) is 2.44. The van der Waals surface area contributed by atoms with Gasteiger partial charge in [0.05, 0.1) is 11.8 Å². The van der Waals surface area contributed by atoms with Gasteiger partial charge in [0.1, 0.15) is 0 Å². The minimum absolute atomic E-state index is 0.0671. The zero-order valence-electron chi connectivity index (χ0n) is 5.15. The molecule has 0 saturated carbocycles. The standard InChI is InChI=1S/C5H11N3/c1-3(4(2)6)5(7)8/h3,6H,1-2H3,(H3,7,8)/t3-/m0/s1. The maximum absolute atomic E-state index is 7.01. The molecule has 0 aromatic carbocycles. The topological polar surface area (TPSA) is 73.7 Å². The Morgan fingerprint density at radius 2 is 1.88 bits per heavy atom. The molecule has 0 bridgehead atoms. The van der Waals surface area contributed by atoms with Crippen LogP contribution in [0.25, 0.3) is 0 Å². The third-order valence-electron chi connectivity index (χ3n) is 1.12. The van der Waals surface area contributed by atoms with Crippen LogP contribution < -0.4 is 5.73 Å². The number of hydrogen-bond donors (Lipinski definition) is 3. The molecule has 0 rings (SSSR count). The number of rotatable bonds is 2. The molecule has 0 aliphatic carbocycles. The van der Waals surface area contributed by atoms with E-state index in [9.17, 15) is 0 Å². The van der Waals surface area contributed by atoms with E-state index in [1.165, 1.54) is 0 Å². The summed E-state index contributed by atoms with van der Waals surface area (Å²) in [5, 5.41) is 13.9. The summed E-state index contributed by atoms with van der Waals surface area (Å²) in [4.78, 5) is 0.